The highest BCUT2D eigenvalue weighted by molar-refractivity contribution is 6.19. The Morgan fingerprint density at radius 3 is 1.70 bits per heavy atom. The predicted octanol–water partition coefficient (Wildman–Crippen LogP) is 13.9. The minimum absolute atomic E-state index is 0.281. The van der Waals surface area contributed by atoms with E-state index in [1.165, 1.54) is 27.5 Å². The fourth-order valence-corrected chi connectivity index (χ4v) is 8.64. The third kappa shape index (κ3) is 6.30. The van der Waals surface area contributed by atoms with Crippen LogP contribution < -0.4 is 15.1 Å². The number of benzene rings is 9. The zero-order valence-corrected chi connectivity index (χ0v) is 32.7. The number of anilines is 6. The molecule has 9 aromatic carbocycles. The van der Waals surface area contributed by atoms with Gasteiger partial charge in [0.2, 0.25) is 0 Å². The lowest BCUT2D eigenvalue weighted by atomic mass is 9.87. The molecule has 1 unspecified atom stereocenters. The molecule has 11 rings (SSSR count). The molecule has 9 aromatic rings. The minimum atomic E-state index is -0.281. The first kappa shape index (κ1) is 35.2. The molecule has 0 aromatic heterocycles. The van der Waals surface area contributed by atoms with Crippen molar-refractivity contribution in [2.45, 2.75) is 6.17 Å². The monoisotopic (exact) mass is 769 g/mol. The molecule has 0 radical (unpaired) electrons. The SMILES string of the molecule is c1ccc(C2=NC(c3ccc4c(c3)N(c3ccccc3)c3ccc(-c5ccc(N(c6ccccc6)c6ccccc6)cc5)c5cccc-4c35)=NC(c3ccccc3)N2)cc1. The molecule has 0 amide bonds. The van der Waals surface area contributed by atoms with Crippen LogP contribution in [0.1, 0.15) is 22.9 Å². The van der Waals surface area contributed by atoms with Crippen LogP contribution in [0.2, 0.25) is 0 Å². The highest BCUT2D eigenvalue weighted by atomic mass is 15.2. The van der Waals surface area contributed by atoms with E-state index in [4.69, 9.17) is 9.98 Å². The number of nitrogens with zero attached hydrogens (tertiary/aromatic N) is 4. The van der Waals surface area contributed by atoms with Gasteiger partial charge in [-0.3, -0.25) is 0 Å². The first-order valence-corrected chi connectivity index (χ1v) is 20.4. The van der Waals surface area contributed by atoms with E-state index in [0.717, 1.165) is 62.2 Å². The molecule has 0 bridgehead atoms. The van der Waals surface area contributed by atoms with Crippen LogP contribution in [0.5, 0.6) is 0 Å². The van der Waals surface area contributed by atoms with E-state index >= 15 is 0 Å². The summed E-state index contributed by atoms with van der Waals surface area (Å²) in [7, 11) is 0. The number of hydrogen-bond donors (Lipinski definition) is 1. The molecular formula is C55H39N5. The molecule has 1 atom stereocenters. The van der Waals surface area contributed by atoms with Gasteiger partial charge in [-0.1, -0.05) is 164 Å². The summed E-state index contributed by atoms with van der Waals surface area (Å²) in [5.74, 6) is 1.49. The van der Waals surface area contributed by atoms with Crippen molar-refractivity contribution in [1.82, 2.24) is 5.32 Å². The minimum Gasteiger partial charge on any atom is -0.344 e. The van der Waals surface area contributed by atoms with Crippen LogP contribution in [0, 0.1) is 0 Å². The van der Waals surface area contributed by atoms with Crippen molar-refractivity contribution in [3.8, 4) is 22.3 Å². The number of amidine groups is 2. The number of rotatable bonds is 8. The summed E-state index contributed by atoms with van der Waals surface area (Å²) >= 11 is 0. The summed E-state index contributed by atoms with van der Waals surface area (Å²) in [5, 5.41) is 6.04. The molecular weight excluding hydrogens is 731 g/mol. The summed E-state index contributed by atoms with van der Waals surface area (Å²) in [6.07, 6.45) is -0.281. The van der Waals surface area contributed by atoms with Gasteiger partial charge in [-0.2, -0.15) is 0 Å². The van der Waals surface area contributed by atoms with Crippen molar-refractivity contribution in [1.29, 1.82) is 0 Å². The van der Waals surface area contributed by atoms with Crippen LogP contribution >= 0.6 is 0 Å². The molecule has 0 spiro atoms. The number of hydrogen-bond acceptors (Lipinski definition) is 5. The van der Waals surface area contributed by atoms with Crippen molar-refractivity contribution < 1.29 is 0 Å². The second-order valence-corrected chi connectivity index (χ2v) is 15.1. The topological polar surface area (TPSA) is 43.2 Å². The summed E-state index contributed by atoms with van der Waals surface area (Å²) in [6.45, 7) is 0. The van der Waals surface area contributed by atoms with E-state index in [0.29, 0.717) is 5.84 Å². The molecule has 5 nitrogen and oxygen atoms in total. The van der Waals surface area contributed by atoms with Crippen molar-refractivity contribution in [2.24, 2.45) is 9.98 Å². The summed E-state index contributed by atoms with van der Waals surface area (Å²) in [4.78, 5) is 15.1. The van der Waals surface area contributed by atoms with Gasteiger partial charge in [0.05, 0.1) is 11.4 Å². The van der Waals surface area contributed by atoms with E-state index in [2.05, 4.69) is 215 Å². The Labute approximate surface area is 349 Å². The molecule has 2 aliphatic heterocycles. The third-order valence-corrected chi connectivity index (χ3v) is 11.4. The van der Waals surface area contributed by atoms with Gasteiger partial charge in [0.15, 0.2) is 5.84 Å². The summed E-state index contributed by atoms with van der Waals surface area (Å²) < 4.78 is 0. The Hall–Kier alpha value is -8.02. The van der Waals surface area contributed by atoms with Gasteiger partial charge < -0.3 is 15.1 Å². The molecule has 1 N–H and O–H groups in total. The lowest BCUT2D eigenvalue weighted by Gasteiger charge is -2.34. The smallest absolute Gasteiger partial charge is 0.159 e. The maximum atomic E-state index is 5.22. The summed E-state index contributed by atoms with van der Waals surface area (Å²) in [6, 6.07) is 79.4. The fraction of sp³-hybridized carbons (Fsp3) is 0.0182. The normalized spacial score (nSPS) is 14.1. The van der Waals surface area contributed by atoms with Crippen molar-refractivity contribution >= 4 is 56.6 Å². The Morgan fingerprint density at radius 2 is 1.02 bits per heavy atom. The van der Waals surface area contributed by atoms with E-state index in [1.54, 1.807) is 0 Å². The number of para-hydroxylation sites is 3. The zero-order chi connectivity index (χ0) is 39.8. The Kier molecular flexibility index (Phi) is 8.82. The second-order valence-electron chi connectivity index (χ2n) is 15.1. The Bertz CT molecular complexity index is 3000. The molecule has 0 saturated heterocycles. The molecule has 0 saturated carbocycles. The van der Waals surface area contributed by atoms with Gasteiger partial charge in [-0.05, 0) is 88.3 Å². The average Bonchev–Trinajstić information content (AvgIpc) is 3.33. The molecule has 5 heteroatoms. The van der Waals surface area contributed by atoms with Crippen LogP contribution in [-0.4, -0.2) is 11.7 Å². The lowest BCUT2D eigenvalue weighted by molar-refractivity contribution is 0.674. The summed E-state index contributed by atoms with van der Waals surface area (Å²) in [5.41, 5.74) is 14.4. The standard InChI is InChI=1S/C55H39N5/c1-6-17-39(18-7-1)53-56-54(40-19-8-2-9-20-40)58-55(57-53)41-31-34-47-49-28-16-27-48-46(35-36-50(52(48)49)60(51(47)37-41)44-25-14-5-15-26-44)38-29-32-45(33-30-38)59(42-21-10-3-11-22-42)43-23-12-4-13-24-43/h1-37,53H,(H,56,57,58). The van der Waals surface area contributed by atoms with E-state index in [9.17, 15) is 0 Å². The number of fused-ring (bicyclic) bond motifs is 2. The first-order valence-electron chi connectivity index (χ1n) is 20.4. The van der Waals surface area contributed by atoms with Crippen molar-refractivity contribution in [3.63, 3.8) is 0 Å². The lowest BCUT2D eigenvalue weighted by Crippen LogP contribution is -2.33. The van der Waals surface area contributed by atoms with Crippen LogP contribution in [0.25, 0.3) is 33.0 Å². The fourth-order valence-electron chi connectivity index (χ4n) is 8.64. The maximum absolute atomic E-state index is 5.22. The highest BCUT2D eigenvalue weighted by Crippen LogP contribution is 2.53. The van der Waals surface area contributed by atoms with Crippen LogP contribution in [0.3, 0.4) is 0 Å². The zero-order valence-electron chi connectivity index (χ0n) is 32.7. The number of aliphatic imine (C=N–C) groups is 2. The van der Waals surface area contributed by atoms with Gasteiger partial charge in [-0.15, -0.1) is 0 Å². The van der Waals surface area contributed by atoms with Gasteiger partial charge in [0, 0.05) is 44.8 Å². The molecule has 0 aliphatic carbocycles. The molecule has 60 heavy (non-hydrogen) atoms. The number of nitrogens with one attached hydrogen (secondary N) is 1. The van der Waals surface area contributed by atoms with E-state index in [-0.39, 0.29) is 6.17 Å². The van der Waals surface area contributed by atoms with Crippen LogP contribution in [0.15, 0.2) is 234 Å². The van der Waals surface area contributed by atoms with Gasteiger partial charge in [0.25, 0.3) is 0 Å². The Morgan fingerprint density at radius 1 is 0.433 bits per heavy atom. The van der Waals surface area contributed by atoms with Crippen molar-refractivity contribution in [2.75, 3.05) is 9.80 Å². The van der Waals surface area contributed by atoms with E-state index < -0.39 is 0 Å². The maximum Gasteiger partial charge on any atom is 0.159 e. The second kappa shape index (κ2) is 15.1. The van der Waals surface area contributed by atoms with Crippen LogP contribution in [0.4, 0.5) is 34.1 Å². The van der Waals surface area contributed by atoms with Gasteiger partial charge in [0.1, 0.15) is 12.0 Å². The third-order valence-electron chi connectivity index (χ3n) is 11.4. The van der Waals surface area contributed by atoms with Gasteiger partial charge in [-0.25, -0.2) is 9.98 Å². The predicted molar refractivity (Wildman–Crippen MR) is 250 cm³/mol. The molecule has 284 valence electrons. The van der Waals surface area contributed by atoms with E-state index in [1.807, 2.05) is 24.3 Å². The molecule has 2 heterocycles. The van der Waals surface area contributed by atoms with Crippen LogP contribution in [-0.2, 0) is 0 Å². The van der Waals surface area contributed by atoms with Gasteiger partial charge >= 0.3 is 0 Å². The molecule has 0 fully saturated rings. The highest BCUT2D eigenvalue weighted by Gasteiger charge is 2.29. The average molecular weight is 770 g/mol. The first-order chi connectivity index (χ1) is 29.8. The molecule has 2 aliphatic rings. The van der Waals surface area contributed by atoms with Crippen molar-refractivity contribution in [3.05, 3.63) is 241 Å². The largest absolute Gasteiger partial charge is 0.344 e. The quantitative estimate of drug-likeness (QED) is 0.167. The Balaban J connectivity index is 1.04.